The SMILES string of the molecule is CC(=O)O.CCOc1ccccc1OCCN[C@H](C)Cc1ccc(OC)c(S(N)(=O)=O)c1. The molecule has 0 unspecified atom stereocenters. The van der Waals surface area contributed by atoms with Crippen molar-refractivity contribution in [1.82, 2.24) is 5.32 Å². The first-order valence-electron chi connectivity index (χ1n) is 10.1. The van der Waals surface area contributed by atoms with E-state index in [9.17, 15) is 8.42 Å². The molecule has 2 aromatic carbocycles. The number of ether oxygens (including phenoxy) is 3. The van der Waals surface area contributed by atoms with Crippen molar-refractivity contribution in [2.75, 3.05) is 26.9 Å². The van der Waals surface area contributed by atoms with Gasteiger partial charge in [-0.15, -0.1) is 0 Å². The van der Waals surface area contributed by atoms with Crippen LogP contribution >= 0.6 is 0 Å². The highest BCUT2D eigenvalue weighted by molar-refractivity contribution is 7.89. The molecule has 2 rings (SSSR count). The van der Waals surface area contributed by atoms with Crippen LogP contribution in [0.2, 0.25) is 0 Å². The third-order valence-electron chi connectivity index (χ3n) is 4.08. The van der Waals surface area contributed by atoms with Crippen LogP contribution in [-0.2, 0) is 21.2 Å². The Morgan fingerprint density at radius 3 is 2.25 bits per heavy atom. The summed E-state index contributed by atoms with van der Waals surface area (Å²) in [6, 6.07) is 12.7. The van der Waals surface area contributed by atoms with Crippen molar-refractivity contribution in [2.45, 2.75) is 38.1 Å². The lowest BCUT2D eigenvalue weighted by Crippen LogP contribution is -2.32. The molecule has 9 nitrogen and oxygen atoms in total. The highest BCUT2D eigenvalue weighted by Crippen LogP contribution is 2.26. The zero-order valence-corrected chi connectivity index (χ0v) is 19.6. The van der Waals surface area contributed by atoms with Gasteiger partial charge in [0.05, 0.1) is 13.7 Å². The molecule has 0 radical (unpaired) electrons. The van der Waals surface area contributed by atoms with Crippen molar-refractivity contribution in [3.63, 3.8) is 0 Å². The molecule has 10 heteroatoms. The third-order valence-corrected chi connectivity index (χ3v) is 5.01. The molecule has 0 heterocycles. The first-order chi connectivity index (χ1) is 15.1. The molecule has 0 saturated carbocycles. The zero-order valence-electron chi connectivity index (χ0n) is 18.8. The summed E-state index contributed by atoms with van der Waals surface area (Å²) in [7, 11) is -2.43. The van der Waals surface area contributed by atoms with Gasteiger partial charge in [-0.25, -0.2) is 13.6 Å². The quantitative estimate of drug-likeness (QED) is 0.428. The van der Waals surface area contributed by atoms with Crippen molar-refractivity contribution in [2.24, 2.45) is 5.14 Å². The highest BCUT2D eigenvalue weighted by Gasteiger charge is 2.16. The Morgan fingerprint density at radius 2 is 1.72 bits per heavy atom. The lowest BCUT2D eigenvalue weighted by atomic mass is 10.1. The van der Waals surface area contributed by atoms with Gasteiger partial charge >= 0.3 is 0 Å². The number of primary sulfonamides is 1. The average molecular weight is 469 g/mol. The zero-order chi connectivity index (χ0) is 24.1. The summed E-state index contributed by atoms with van der Waals surface area (Å²) in [5, 5.41) is 16.0. The fraction of sp³-hybridized carbons (Fsp3) is 0.409. The van der Waals surface area contributed by atoms with E-state index < -0.39 is 16.0 Å². The Labute approximate surface area is 189 Å². The van der Waals surface area contributed by atoms with Gasteiger partial charge in [-0.3, -0.25) is 4.79 Å². The Balaban J connectivity index is 0.00000118. The molecule has 178 valence electrons. The van der Waals surface area contributed by atoms with E-state index in [1.165, 1.54) is 7.11 Å². The van der Waals surface area contributed by atoms with Gasteiger partial charge in [-0.2, -0.15) is 0 Å². The molecular weight excluding hydrogens is 436 g/mol. The number of benzene rings is 2. The number of rotatable bonds is 11. The number of carboxylic acids is 1. The molecule has 0 amide bonds. The molecule has 0 spiro atoms. The molecule has 0 bridgehead atoms. The van der Waals surface area contributed by atoms with Crippen LogP contribution < -0.4 is 24.7 Å². The normalized spacial score (nSPS) is 11.7. The second kappa shape index (κ2) is 13.6. The minimum atomic E-state index is -3.84. The number of methoxy groups -OCH3 is 1. The van der Waals surface area contributed by atoms with Gasteiger partial charge < -0.3 is 24.6 Å². The second-order valence-electron chi connectivity index (χ2n) is 6.84. The Kier molecular flexibility index (Phi) is 11.5. The summed E-state index contributed by atoms with van der Waals surface area (Å²) >= 11 is 0. The number of hydrogen-bond acceptors (Lipinski definition) is 7. The molecule has 2 aromatic rings. The lowest BCUT2D eigenvalue weighted by molar-refractivity contribution is -0.134. The summed E-state index contributed by atoms with van der Waals surface area (Å²) in [5.74, 6) is 0.854. The van der Waals surface area contributed by atoms with E-state index in [0.29, 0.717) is 31.9 Å². The van der Waals surface area contributed by atoms with Crippen molar-refractivity contribution in [3.8, 4) is 17.2 Å². The summed E-state index contributed by atoms with van der Waals surface area (Å²) in [5.41, 5.74) is 0.854. The van der Waals surface area contributed by atoms with E-state index in [1.54, 1.807) is 12.1 Å². The first kappa shape index (κ1) is 27.2. The second-order valence-corrected chi connectivity index (χ2v) is 8.37. The third kappa shape index (κ3) is 9.99. The number of sulfonamides is 1. The average Bonchev–Trinajstić information content (AvgIpc) is 2.71. The van der Waals surface area contributed by atoms with Gasteiger partial charge in [-0.05, 0) is 50.1 Å². The van der Waals surface area contributed by atoms with E-state index in [-0.39, 0.29) is 16.7 Å². The first-order valence-corrected chi connectivity index (χ1v) is 11.6. The molecule has 0 aliphatic rings. The van der Waals surface area contributed by atoms with Crippen LogP contribution in [0.5, 0.6) is 17.2 Å². The van der Waals surface area contributed by atoms with Crippen LogP contribution in [0, 0.1) is 0 Å². The Bertz CT molecular complexity index is 961. The number of aliphatic carboxylic acids is 1. The predicted molar refractivity (Wildman–Crippen MR) is 122 cm³/mol. The topological polar surface area (TPSA) is 137 Å². The van der Waals surface area contributed by atoms with Gasteiger partial charge in [0.1, 0.15) is 17.3 Å². The number of nitrogens with one attached hydrogen (secondary N) is 1. The minimum Gasteiger partial charge on any atom is -0.495 e. The van der Waals surface area contributed by atoms with Gasteiger partial charge in [0, 0.05) is 19.5 Å². The molecule has 32 heavy (non-hydrogen) atoms. The van der Waals surface area contributed by atoms with Crippen molar-refractivity contribution in [1.29, 1.82) is 0 Å². The number of carbonyl (C=O) groups is 1. The standard InChI is InChI=1S/C20H28N2O5S.C2H4O2/c1-4-26-17-7-5-6-8-18(17)27-12-11-22-15(2)13-16-9-10-19(25-3)20(14-16)28(21,23)24;1-2(3)4/h5-10,14-15,22H,4,11-13H2,1-3H3,(H2,21,23,24);1H3,(H,3,4)/t15-;/m1./s1. The van der Waals surface area contributed by atoms with Crippen LogP contribution in [-0.4, -0.2) is 52.4 Å². The molecule has 0 aromatic heterocycles. The summed E-state index contributed by atoms with van der Waals surface area (Å²) in [4.78, 5) is 9.00. The molecule has 1 atom stereocenters. The van der Waals surface area contributed by atoms with Crippen LogP contribution in [0.25, 0.3) is 0 Å². The summed E-state index contributed by atoms with van der Waals surface area (Å²) < 4.78 is 39.9. The monoisotopic (exact) mass is 468 g/mol. The number of carboxylic acid groups (broad SMARTS) is 1. The van der Waals surface area contributed by atoms with E-state index in [2.05, 4.69) is 5.32 Å². The molecule has 0 fully saturated rings. The Morgan fingerprint density at radius 1 is 1.12 bits per heavy atom. The van der Waals surface area contributed by atoms with Crippen molar-refractivity contribution >= 4 is 16.0 Å². The van der Waals surface area contributed by atoms with E-state index in [1.807, 2.05) is 44.2 Å². The van der Waals surface area contributed by atoms with Gasteiger partial charge in [-0.1, -0.05) is 18.2 Å². The maximum atomic E-state index is 11.7. The van der Waals surface area contributed by atoms with Crippen LogP contribution in [0.1, 0.15) is 26.3 Å². The van der Waals surface area contributed by atoms with Crippen molar-refractivity contribution < 1.29 is 32.5 Å². The fourth-order valence-electron chi connectivity index (χ4n) is 2.81. The number of hydrogen-bond donors (Lipinski definition) is 3. The van der Waals surface area contributed by atoms with E-state index >= 15 is 0 Å². The Hall–Kier alpha value is -2.82. The number of para-hydroxylation sites is 2. The van der Waals surface area contributed by atoms with Gasteiger partial charge in [0.25, 0.3) is 5.97 Å². The molecular formula is C22H32N2O7S. The summed E-state index contributed by atoms with van der Waals surface area (Å²) in [6.07, 6.45) is 0.641. The van der Waals surface area contributed by atoms with Gasteiger partial charge in [0.15, 0.2) is 11.5 Å². The van der Waals surface area contributed by atoms with E-state index in [4.69, 9.17) is 29.3 Å². The van der Waals surface area contributed by atoms with Crippen molar-refractivity contribution in [3.05, 3.63) is 48.0 Å². The molecule has 0 aliphatic heterocycles. The highest BCUT2D eigenvalue weighted by atomic mass is 32.2. The molecule has 0 aliphatic carbocycles. The van der Waals surface area contributed by atoms with Crippen LogP contribution in [0.15, 0.2) is 47.4 Å². The smallest absolute Gasteiger partial charge is 0.300 e. The van der Waals surface area contributed by atoms with Crippen LogP contribution in [0.3, 0.4) is 0 Å². The predicted octanol–water partition coefficient (Wildman–Crippen LogP) is 2.43. The van der Waals surface area contributed by atoms with Gasteiger partial charge in [0.2, 0.25) is 10.0 Å². The minimum absolute atomic E-state index is 0.00411. The van der Waals surface area contributed by atoms with Crippen LogP contribution in [0.4, 0.5) is 0 Å². The maximum Gasteiger partial charge on any atom is 0.300 e. The molecule has 4 N–H and O–H groups in total. The largest absolute Gasteiger partial charge is 0.495 e. The summed E-state index contributed by atoms with van der Waals surface area (Å²) in [6.45, 7) is 6.74. The fourth-order valence-corrected chi connectivity index (χ4v) is 3.55. The van der Waals surface area contributed by atoms with E-state index in [0.717, 1.165) is 18.2 Å². The maximum absolute atomic E-state index is 11.7. The molecule has 0 saturated heterocycles. The lowest BCUT2D eigenvalue weighted by Gasteiger charge is -2.16. The number of nitrogens with two attached hydrogens (primary N) is 1.